The van der Waals surface area contributed by atoms with E-state index in [1.54, 1.807) is 0 Å². The van der Waals surface area contributed by atoms with Crippen molar-refractivity contribution in [3.05, 3.63) is 54.2 Å². The van der Waals surface area contributed by atoms with Crippen LogP contribution >= 0.6 is 0 Å². The van der Waals surface area contributed by atoms with E-state index in [-0.39, 0.29) is 12.5 Å². The van der Waals surface area contributed by atoms with Crippen LogP contribution in [-0.4, -0.2) is 22.2 Å². The molecule has 1 heterocycles. The molecule has 1 saturated carbocycles. The molecule has 4 rings (SSSR count). The maximum atomic E-state index is 10.9. The maximum absolute atomic E-state index is 10.9. The number of hydrogen-bond acceptors (Lipinski definition) is 2. The Hall–Kier alpha value is -2.75. The van der Waals surface area contributed by atoms with Crippen LogP contribution in [0.15, 0.2) is 48.7 Å². The largest absolute Gasteiger partial charge is 0.490 e. The first-order chi connectivity index (χ1) is 13.2. The van der Waals surface area contributed by atoms with Crippen molar-refractivity contribution in [3.63, 3.8) is 0 Å². The molecule has 140 valence electrons. The number of aryl methyl sites for hydroxylation is 1. The van der Waals surface area contributed by atoms with Gasteiger partial charge in [0.1, 0.15) is 5.75 Å². The fourth-order valence-electron chi connectivity index (χ4n) is 3.90. The van der Waals surface area contributed by atoms with Crippen molar-refractivity contribution >= 4 is 16.9 Å². The Labute approximate surface area is 159 Å². The van der Waals surface area contributed by atoms with Crippen molar-refractivity contribution in [2.24, 2.45) is 0 Å². The second kappa shape index (κ2) is 7.87. The van der Waals surface area contributed by atoms with Crippen LogP contribution in [0.3, 0.4) is 0 Å². The molecule has 0 unspecified atom stereocenters. The Morgan fingerprint density at radius 1 is 1.07 bits per heavy atom. The minimum atomic E-state index is -0.771. The number of ether oxygens (including phenoxy) is 1. The third kappa shape index (κ3) is 4.16. The predicted octanol–water partition coefficient (Wildman–Crippen LogP) is 5.56. The van der Waals surface area contributed by atoms with Crippen LogP contribution in [0, 0.1) is 0 Å². The zero-order valence-corrected chi connectivity index (χ0v) is 15.4. The van der Waals surface area contributed by atoms with Crippen LogP contribution in [-0.2, 0) is 11.2 Å². The minimum Gasteiger partial charge on any atom is -0.490 e. The van der Waals surface area contributed by atoms with Gasteiger partial charge in [-0.15, -0.1) is 0 Å². The second-order valence-electron chi connectivity index (χ2n) is 7.38. The molecule has 1 fully saturated rings. The summed E-state index contributed by atoms with van der Waals surface area (Å²) in [6.45, 7) is 0. The summed E-state index contributed by atoms with van der Waals surface area (Å²) in [5.41, 5.74) is 4.28. The van der Waals surface area contributed by atoms with Crippen molar-refractivity contribution in [1.29, 1.82) is 0 Å². The number of nitrogens with one attached hydrogen (secondary N) is 1. The van der Waals surface area contributed by atoms with E-state index in [0.717, 1.165) is 46.2 Å². The quantitative estimate of drug-likeness (QED) is 0.602. The number of benzene rings is 2. The number of carboxylic acid groups (broad SMARTS) is 1. The minimum absolute atomic E-state index is 0.138. The monoisotopic (exact) mass is 363 g/mol. The van der Waals surface area contributed by atoms with Gasteiger partial charge in [0.05, 0.1) is 6.10 Å². The predicted molar refractivity (Wildman–Crippen MR) is 107 cm³/mol. The standard InChI is InChI=1S/C23H25NO3/c25-23(26)11-7-16-6-10-22(27-19-4-2-1-3-5-19)20(14-16)17-8-9-21-18(15-17)12-13-24-21/h6,8-10,12-15,19,24H,1-5,7,11H2,(H,25,26). The van der Waals surface area contributed by atoms with E-state index < -0.39 is 5.97 Å². The molecular formula is C23H25NO3. The van der Waals surface area contributed by atoms with Gasteiger partial charge in [0.2, 0.25) is 0 Å². The van der Waals surface area contributed by atoms with Gasteiger partial charge in [0.25, 0.3) is 0 Å². The molecule has 0 bridgehead atoms. The number of fused-ring (bicyclic) bond motifs is 1. The number of aliphatic carboxylic acids is 1. The smallest absolute Gasteiger partial charge is 0.303 e. The summed E-state index contributed by atoms with van der Waals surface area (Å²) in [7, 11) is 0. The molecule has 0 saturated heterocycles. The average Bonchev–Trinajstić information content (AvgIpc) is 3.16. The second-order valence-corrected chi connectivity index (χ2v) is 7.38. The lowest BCUT2D eigenvalue weighted by Gasteiger charge is -2.24. The molecule has 2 N–H and O–H groups in total. The van der Waals surface area contributed by atoms with Crippen molar-refractivity contribution in [3.8, 4) is 16.9 Å². The lowest BCUT2D eigenvalue weighted by atomic mass is 9.96. The molecule has 27 heavy (non-hydrogen) atoms. The van der Waals surface area contributed by atoms with E-state index in [2.05, 4.69) is 35.3 Å². The number of carbonyl (C=O) groups is 1. The van der Waals surface area contributed by atoms with Crippen LogP contribution in [0.1, 0.15) is 44.1 Å². The van der Waals surface area contributed by atoms with Gasteiger partial charge in [-0.2, -0.15) is 0 Å². The van der Waals surface area contributed by atoms with E-state index in [4.69, 9.17) is 9.84 Å². The van der Waals surface area contributed by atoms with Crippen LogP contribution < -0.4 is 4.74 Å². The summed E-state index contributed by atoms with van der Waals surface area (Å²) in [6, 6.07) is 14.5. The van der Waals surface area contributed by atoms with Gasteiger partial charge in [-0.05, 0) is 78.9 Å². The summed E-state index contributed by atoms with van der Waals surface area (Å²) in [4.78, 5) is 14.2. The first-order valence-corrected chi connectivity index (χ1v) is 9.78. The highest BCUT2D eigenvalue weighted by molar-refractivity contribution is 5.86. The van der Waals surface area contributed by atoms with Crippen LogP contribution in [0.4, 0.5) is 0 Å². The van der Waals surface area contributed by atoms with Gasteiger partial charge < -0.3 is 14.8 Å². The zero-order chi connectivity index (χ0) is 18.6. The molecule has 0 atom stereocenters. The van der Waals surface area contributed by atoms with Gasteiger partial charge in [0.15, 0.2) is 0 Å². The van der Waals surface area contributed by atoms with Crippen molar-refractivity contribution in [2.45, 2.75) is 51.0 Å². The van der Waals surface area contributed by atoms with E-state index in [0.29, 0.717) is 6.42 Å². The Morgan fingerprint density at radius 2 is 1.93 bits per heavy atom. The molecule has 3 aromatic rings. The highest BCUT2D eigenvalue weighted by Gasteiger charge is 2.18. The van der Waals surface area contributed by atoms with Gasteiger partial charge in [-0.3, -0.25) is 4.79 Å². The van der Waals surface area contributed by atoms with Crippen molar-refractivity contribution in [2.75, 3.05) is 0 Å². The normalized spacial score (nSPS) is 15.1. The Kier molecular flexibility index (Phi) is 5.14. The lowest BCUT2D eigenvalue weighted by molar-refractivity contribution is -0.136. The van der Waals surface area contributed by atoms with Gasteiger partial charge >= 0.3 is 5.97 Å². The van der Waals surface area contributed by atoms with Gasteiger partial charge in [-0.1, -0.05) is 18.6 Å². The molecule has 0 aliphatic heterocycles. The molecule has 1 aliphatic carbocycles. The SMILES string of the molecule is O=C(O)CCc1ccc(OC2CCCCC2)c(-c2ccc3[nH]ccc3c2)c1. The topological polar surface area (TPSA) is 62.3 Å². The number of H-pyrrole nitrogens is 1. The summed E-state index contributed by atoms with van der Waals surface area (Å²) in [5, 5.41) is 10.2. The van der Waals surface area contributed by atoms with E-state index in [1.165, 1.54) is 19.3 Å². The summed E-state index contributed by atoms with van der Waals surface area (Å²) < 4.78 is 6.39. The third-order valence-corrected chi connectivity index (χ3v) is 5.38. The van der Waals surface area contributed by atoms with E-state index in [9.17, 15) is 4.79 Å². The third-order valence-electron chi connectivity index (χ3n) is 5.38. The Morgan fingerprint density at radius 3 is 2.74 bits per heavy atom. The van der Waals surface area contributed by atoms with Crippen molar-refractivity contribution in [1.82, 2.24) is 4.98 Å². The van der Waals surface area contributed by atoms with E-state index in [1.807, 2.05) is 18.3 Å². The summed E-state index contributed by atoms with van der Waals surface area (Å²) in [5.74, 6) is 0.128. The zero-order valence-electron chi connectivity index (χ0n) is 15.4. The van der Waals surface area contributed by atoms with Gasteiger partial charge in [0, 0.05) is 23.7 Å². The number of aromatic amines is 1. The molecule has 0 amide bonds. The lowest BCUT2D eigenvalue weighted by Crippen LogP contribution is -2.20. The number of aromatic nitrogens is 1. The fraction of sp³-hybridized carbons (Fsp3) is 0.348. The molecule has 4 nitrogen and oxygen atoms in total. The van der Waals surface area contributed by atoms with Gasteiger partial charge in [-0.25, -0.2) is 0 Å². The summed E-state index contributed by atoms with van der Waals surface area (Å²) in [6.07, 6.45) is 8.85. The van der Waals surface area contributed by atoms with E-state index >= 15 is 0 Å². The molecule has 2 aromatic carbocycles. The Bertz CT molecular complexity index is 938. The molecular weight excluding hydrogens is 338 g/mol. The number of rotatable bonds is 6. The first-order valence-electron chi connectivity index (χ1n) is 9.78. The molecule has 1 aliphatic rings. The van der Waals surface area contributed by atoms with Crippen LogP contribution in [0.5, 0.6) is 5.75 Å². The highest BCUT2D eigenvalue weighted by Crippen LogP contribution is 2.35. The maximum Gasteiger partial charge on any atom is 0.303 e. The molecule has 0 spiro atoms. The number of hydrogen-bond donors (Lipinski definition) is 2. The first kappa shape index (κ1) is 17.7. The fourth-order valence-corrected chi connectivity index (χ4v) is 3.90. The highest BCUT2D eigenvalue weighted by atomic mass is 16.5. The van der Waals surface area contributed by atoms with Crippen molar-refractivity contribution < 1.29 is 14.6 Å². The number of carboxylic acids is 1. The molecule has 1 aromatic heterocycles. The Balaban J connectivity index is 1.69. The molecule has 0 radical (unpaired) electrons. The molecule has 4 heteroatoms. The van der Waals surface area contributed by atoms with Crippen LogP contribution in [0.25, 0.3) is 22.0 Å². The average molecular weight is 363 g/mol. The summed E-state index contributed by atoms with van der Waals surface area (Å²) >= 11 is 0. The van der Waals surface area contributed by atoms with Crippen LogP contribution in [0.2, 0.25) is 0 Å².